The molecule has 7 amide bonds. The Morgan fingerprint density at radius 1 is 0.625 bits per heavy atom. The molecule has 2 aliphatic heterocycles. The van der Waals surface area contributed by atoms with E-state index < -0.39 is 17.8 Å². The van der Waals surface area contributed by atoms with Gasteiger partial charge in [0, 0.05) is 97.9 Å². The summed E-state index contributed by atoms with van der Waals surface area (Å²) in [6.45, 7) is 12.1. The lowest BCUT2D eigenvalue weighted by atomic mass is 9.51. The first-order chi connectivity index (χ1) is 38.7. The number of alkyl halides is 3. The first kappa shape index (κ1) is 57.3. The number of ether oxygens (including phenoxy) is 1. The number of hydrogen-bond donors (Lipinski definition) is 6. The Kier molecular flexibility index (Phi) is 18.2. The Bertz CT molecular complexity index is 2920. The molecule has 6 N–H and O–H groups in total. The van der Waals surface area contributed by atoms with E-state index in [2.05, 4.69) is 60.0 Å². The molecule has 2 unspecified atom stereocenters. The van der Waals surface area contributed by atoms with Gasteiger partial charge in [-0.25, -0.2) is 19.4 Å². The average molecular weight is 1110 g/mol. The highest BCUT2D eigenvalue weighted by molar-refractivity contribution is 6.00. The van der Waals surface area contributed by atoms with Crippen LogP contribution in [0.1, 0.15) is 119 Å². The van der Waals surface area contributed by atoms with Gasteiger partial charge in [0.05, 0.1) is 25.1 Å². The van der Waals surface area contributed by atoms with Crippen LogP contribution in [0.5, 0.6) is 0 Å². The van der Waals surface area contributed by atoms with Crippen molar-refractivity contribution in [3.63, 3.8) is 0 Å². The summed E-state index contributed by atoms with van der Waals surface area (Å²) in [6.07, 6.45) is 16.7. The summed E-state index contributed by atoms with van der Waals surface area (Å²) in [4.78, 5) is 57.2. The SMILES string of the molecule is CC.CC.O=C(Nc1ccc(-n2ccnc2)cc1)Nc1ccc(C(F)(F)F)cc1.O=C(Nc1cccc(N2CCCC2=O)c1)NC12CC3CC(CC(C3)C1)C2.O=C(Nc1cccc(N2CCOCC2)c1)NC12CC=C3C(CC3C1)C2.[HH].[HH].[HH].[HH].[HH].[HH]. The number of morpholine rings is 1. The number of halogens is 3. The largest absolute Gasteiger partial charge is 0.416 e. The number of carbonyl (C=O) groups excluding carboxylic acids is 4. The number of benzene rings is 4. The van der Waals surface area contributed by atoms with E-state index in [-0.39, 0.29) is 43.3 Å². The summed E-state index contributed by atoms with van der Waals surface area (Å²) in [5, 5.41) is 17.8. The topological polar surface area (TPSA) is 174 Å². The molecule has 0 radical (unpaired) electrons. The number of allylic oxidation sites excluding steroid dienone is 1. The van der Waals surface area contributed by atoms with E-state index >= 15 is 0 Å². The molecule has 7 saturated carbocycles. The van der Waals surface area contributed by atoms with E-state index in [1.54, 1.807) is 48.6 Å². The van der Waals surface area contributed by atoms with Crippen LogP contribution in [0.3, 0.4) is 0 Å². The smallest absolute Gasteiger partial charge is 0.378 e. The maximum atomic E-state index is 12.7. The standard InChI is InChI=1S/C21H27N3O2.C20H25N3O2.C17H13F3N4O.2C2H6.6H2/c25-19-5-2-6-24(19)18-4-1-3-17(10-18)22-20(26)23-21-11-14-7-15(12-21)9-16(8-14)13-21;24-19(22-20-5-4-18-14(12-20)10-15(18)13-20)21-16-2-1-3-17(11-16)23-6-8-25-9-7-23;18-17(19,20)12-1-3-13(4-2-12)22-16(25)23-14-5-7-15(8-6-14)24-10-9-21-11-24;2*1-2;;;;;;/h1,3-4,10,14-16H,2,5-9,11-13H2,(H2,22,23,26);1-4,11,14-15H,5-10,12-13H2,(H2,21,22,24);1-11H,(H2,22,23,25);2*1-2H3;6*1H. The van der Waals surface area contributed by atoms with Gasteiger partial charge in [0.25, 0.3) is 0 Å². The van der Waals surface area contributed by atoms with Gasteiger partial charge in [-0.2, -0.15) is 13.2 Å². The van der Waals surface area contributed by atoms with Crippen molar-refractivity contribution < 1.29 is 45.6 Å². The van der Waals surface area contributed by atoms with Gasteiger partial charge in [-0.05, 0) is 185 Å². The second-order valence-electron chi connectivity index (χ2n) is 22.1. The number of carbonyl (C=O) groups is 4. The number of anilines is 6. The molecule has 11 aliphatic rings. The van der Waals surface area contributed by atoms with Crippen LogP contribution in [0.25, 0.3) is 5.69 Å². The lowest BCUT2D eigenvalue weighted by Crippen LogP contribution is -2.60. The van der Waals surface area contributed by atoms with E-state index in [9.17, 15) is 32.3 Å². The molecule has 438 valence electrons. The van der Waals surface area contributed by atoms with Crippen LogP contribution in [0, 0.1) is 29.6 Å². The van der Waals surface area contributed by atoms with Crippen LogP contribution < -0.4 is 41.7 Å². The van der Waals surface area contributed by atoms with E-state index in [4.69, 9.17) is 4.74 Å². The number of rotatable bonds is 9. The van der Waals surface area contributed by atoms with Crippen LogP contribution in [0.15, 0.2) is 127 Å². The van der Waals surface area contributed by atoms with Crippen LogP contribution in [0.2, 0.25) is 0 Å². The molecule has 9 aliphatic carbocycles. The number of aromatic nitrogens is 2. The van der Waals surface area contributed by atoms with E-state index in [1.165, 1.54) is 37.8 Å². The van der Waals surface area contributed by atoms with Gasteiger partial charge in [0.15, 0.2) is 0 Å². The van der Waals surface area contributed by atoms with Crippen molar-refractivity contribution in [2.24, 2.45) is 29.6 Å². The molecule has 2 saturated heterocycles. The van der Waals surface area contributed by atoms with E-state index in [0.717, 1.165) is 148 Å². The molecule has 1 aromatic heterocycles. The normalized spacial score (nSPS) is 25.2. The highest BCUT2D eigenvalue weighted by Crippen LogP contribution is 2.59. The fourth-order valence-electron chi connectivity index (χ4n) is 13.7. The molecule has 4 aromatic carbocycles. The predicted octanol–water partition coefficient (Wildman–Crippen LogP) is 15.1. The number of amides is 7. The summed E-state index contributed by atoms with van der Waals surface area (Å²) in [5.41, 5.74) is 6.22. The summed E-state index contributed by atoms with van der Waals surface area (Å²) >= 11 is 0. The van der Waals surface area contributed by atoms with Gasteiger partial charge in [-0.1, -0.05) is 51.5 Å². The zero-order valence-corrected chi connectivity index (χ0v) is 46.4. The number of fused-ring (bicyclic) bond motifs is 1. The van der Waals surface area contributed by atoms with E-state index in [0.29, 0.717) is 12.1 Å². The van der Waals surface area contributed by atoms with Crippen molar-refractivity contribution in [1.82, 2.24) is 20.2 Å². The lowest BCUT2D eigenvalue weighted by molar-refractivity contribution is -0.137. The van der Waals surface area contributed by atoms with E-state index in [1.807, 2.05) is 73.6 Å². The number of imidazole rings is 1. The maximum Gasteiger partial charge on any atom is 0.416 e. The van der Waals surface area contributed by atoms with Crippen LogP contribution in [-0.4, -0.2) is 77.5 Å². The van der Waals surface area contributed by atoms with Crippen molar-refractivity contribution in [2.45, 2.75) is 122 Å². The third kappa shape index (κ3) is 14.0. The molecular weight excluding hydrogens is 1020 g/mol. The summed E-state index contributed by atoms with van der Waals surface area (Å²) in [7, 11) is 0. The average Bonchev–Trinajstić information content (AvgIpc) is 1.05. The molecule has 18 heteroatoms. The Labute approximate surface area is 476 Å². The Hall–Kier alpha value is -7.34. The first-order valence-corrected chi connectivity index (χ1v) is 28.8. The first-order valence-electron chi connectivity index (χ1n) is 28.8. The second kappa shape index (κ2) is 25.4. The zero-order valence-electron chi connectivity index (χ0n) is 46.4. The molecular formula is C62H89F3N10O5. The minimum atomic E-state index is -4.40. The molecule has 15 nitrogen and oxygen atoms in total. The molecule has 2 atom stereocenters. The number of nitrogens with zero attached hydrogens (tertiary/aromatic N) is 4. The lowest BCUT2D eigenvalue weighted by Gasteiger charge is -2.58. The summed E-state index contributed by atoms with van der Waals surface area (Å²) < 4.78 is 44.7. The fourth-order valence-corrected chi connectivity index (χ4v) is 13.7. The molecule has 8 bridgehead atoms. The monoisotopic (exact) mass is 1110 g/mol. The number of urea groups is 3. The van der Waals surface area contributed by atoms with Crippen molar-refractivity contribution in [2.75, 3.05) is 63.9 Å². The third-order valence-electron chi connectivity index (χ3n) is 16.7. The molecule has 3 heterocycles. The summed E-state index contributed by atoms with van der Waals surface area (Å²) in [5.74, 6) is 4.07. The minimum Gasteiger partial charge on any atom is -0.378 e. The van der Waals surface area contributed by atoms with Crippen LogP contribution >= 0.6 is 0 Å². The van der Waals surface area contributed by atoms with Crippen LogP contribution in [0.4, 0.5) is 61.7 Å². The molecule has 9 fully saturated rings. The maximum absolute atomic E-state index is 12.7. The van der Waals surface area contributed by atoms with Gasteiger partial charge in [0.1, 0.15) is 0 Å². The van der Waals surface area contributed by atoms with Crippen molar-refractivity contribution in [1.29, 1.82) is 0 Å². The van der Waals surface area contributed by atoms with Crippen molar-refractivity contribution in [3.8, 4) is 5.69 Å². The fraction of sp³-hybridized carbons (Fsp3) is 0.468. The molecule has 16 rings (SSSR count). The number of hydrogen-bond acceptors (Lipinski definition) is 7. The van der Waals surface area contributed by atoms with Gasteiger partial charge < -0.3 is 51.0 Å². The third-order valence-corrected chi connectivity index (χ3v) is 16.7. The second-order valence-corrected chi connectivity index (χ2v) is 22.1. The Morgan fingerprint density at radius 2 is 1.16 bits per heavy atom. The van der Waals surface area contributed by atoms with Gasteiger partial charge in [0.2, 0.25) is 5.91 Å². The summed E-state index contributed by atoms with van der Waals surface area (Å²) in [6, 6.07) is 26.3. The molecule has 5 aromatic rings. The Morgan fingerprint density at radius 3 is 1.69 bits per heavy atom. The molecule has 0 spiro atoms. The molecule has 80 heavy (non-hydrogen) atoms. The van der Waals surface area contributed by atoms with Crippen molar-refractivity contribution >= 4 is 58.1 Å². The van der Waals surface area contributed by atoms with Crippen LogP contribution in [-0.2, 0) is 15.7 Å². The van der Waals surface area contributed by atoms with Gasteiger partial charge in [-0.3, -0.25) is 4.79 Å². The quantitative estimate of drug-likeness (QED) is 0.0797. The highest BCUT2D eigenvalue weighted by atomic mass is 19.4. The zero-order chi connectivity index (χ0) is 56.4. The highest BCUT2D eigenvalue weighted by Gasteiger charge is 2.54. The minimum absolute atomic E-state index is 0. The van der Waals surface area contributed by atoms with Gasteiger partial charge in [-0.15, -0.1) is 0 Å². The van der Waals surface area contributed by atoms with Crippen molar-refractivity contribution in [3.05, 3.63) is 133 Å². The predicted molar refractivity (Wildman–Crippen MR) is 322 cm³/mol. The van der Waals surface area contributed by atoms with Gasteiger partial charge >= 0.3 is 24.3 Å². The number of nitrogens with one attached hydrogen (secondary N) is 6. The Balaban J connectivity index is 0.000000317.